The van der Waals surface area contributed by atoms with Crippen molar-refractivity contribution in [1.82, 2.24) is 5.32 Å². The maximum absolute atomic E-state index is 13.1. The number of carbonyl (C=O) groups excluding carboxylic acids is 2. The Balaban J connectivity index is 1.54. The van der Waals surface area contributed by atoms with E-state index < -0.39 is 28.6 Å². The number of thioether (sulfide) groups is 1. The molecule has 1 N–H and O–H groups in total. The number of hydrogen-bond donors (Lipinski definition) is 1. The van der Waals surface area contributed by atoms with E-state index in [1.54, 1.807) is 30.3 Å². The Kier molecular flexibility index (Phi) is 5.94. The molecule has 4 rings (SSSR count). The Morgan fingerprint density at radius 2 is 1.84 bits per heavy atom. The van der Waals surface area contributed by atoms with Crippen LogP contribution in [0.25, 0.3) is 17.4 Å². The van der Waals surface area contributed by atoms with Crippen LogP contribution in [0.4, 0.5) is 13.2 Å². The van der Waals surface area contributed by atoms with Crippen LogP contribution in [-0.4, -0.2) is 17.0 Å². The number of benzene rings is 2. The van der Waals surface area contributed by atoms with Gasteiger partial charge in [0.1, 0.15) is 11.5 Å². The van der Waals surface area contributed by atoms with Gasteiger partial charge in [0.15, 0.2) is 5.17 Å². The molecule has 1 aliphatic rings. The van der Waals surface area contributed by atoms with Crippen LogP contribution < -0.4 is 5.32 Å². The summed E-state index contributed by atoms with van der Waals surface area (Å²) < 4.78 is 44.9. The number of hydrogen-bond acceptors (Lipinski definition) is 4. The third kappa shape index (κ3) is 4.79. The summed E-state index contributed by atoms with van der Waals surface area (Å²) in [6.07, 6.45) is -3.18. The number of halogens is 4. The van der Waals surface area contributed by atoms with Gasteiger partial charge in [-0.1, -0.05) is 29.8 Å². The molecule has 3 aromatic rings. The van der Waals surface area contributed by atoms with Crippen molar-refractivity contribution in [3.8, 4) is 11.3 Å². The zero-order valence-corrected chi connectivity index (χ0v) is 17.5. The maximum atomic E-state index is 13.1. The molecule has 0 bridgehead atoms. The summed E-state index contributed by atoms with van der Waals surface area (Å²) in [4.78, 5) is 28.5. The zero-order chi connectivity index (χ0) is 22.9. The number of nitrogens with zero attached hydrogens (tertiary/aromatic N) is 1. The predicted molar refractivity (Wildman–Crippen MR) is 116 cm³/mol. The highest BCUT2D eigenvalue weighted by Gasteiger charge is 2.33. The van der Waals surface area contributed by atoms with E-state index in [0.29, 0.717) is 5.56 Å². The molecule has 1 aliphatic heterocycles. The van der Waals surface area contributed by atoms with Crippen molar-refractivity contribution in [2.75, 3.05) is 0 Å². The fourth-order valence-electron chi connectivity index (χ4n) is 2.83. The van der Waals surface area contributed by atoms with Crippen LogP contribution in [0.15, 0.2) is 75.0 Å². The monoisotopic (exact) mass is 476 g/mol. The van der Waals surface area contributed by atoms with Gasteiger partial charge in [-0.2, -0.15) is 18.2 Å². The summed E-state index contributed by atoms with van der Waals surface area (Å²) in [5.74, 6) is -0.552. The van der Waals surface area contributed by atoms with Crippen molar-refractivity contribution in [2.45, 2.75) is 6.18 Å². The third-order valence-electron chi connectivity index (χ3n) is 4.33. The van der Waals surface area contributed by atoms with Crippen molar-refractivity contribution < 1.29 is 27.2 Å². The van der Waals surface area contributed by atoms with Crippen molar-refractivity contribution in [3.05, 3.63) is 87.5 Å². The van der Waals surface area contributed by atoms with Crippen molar-refractivity contribution >= 4 is 46.4 Å². The molecule has 0 unspecified atom stereocenters. The summed E-state index contributed by atoms with van der Waals surface area (Å²) in [5.41, 5.74) is -0.405. The largest absolute Gasteiger partial charge is 0.457 e. The standard InChI is InChI=1S/C22H12ClF3N2O3S/c23-16-8-6-13(10-15(16)22(24,25)26)17-9-7-14(31-17)11-18-20(30)28-21(32-18)27-19(29)12-4-2-1-3-5-12/h1-11H,(H,27,28,29,30)/b18-11-. The molecule has 2 amide bonds. The van der Waals surface area contributed by atoms with Crippen molar-refractivity contribution in [1.29, 1.82) is 0 Å². The van der Waals surface area contributed by atoms with E-state index in [1.807, 2.05) is 0 Å². The van der Waals surface area contributed by atoms with Gasteiger partial charge in [-0.25, -0.2) is 0 Å². The van der Waals surface area contributed by atoms with Crippen LogP contribution in [-0.2, 0) is 11.0 Å². The summed E-state index contributed by atoms with van der Waals surface area (Å²) in [6, 6.07) is 14.8. The zero-order valence-electron chi connectivity index (χ0n) is 15.9. The number of alkyl halides is 3. The molecule has 2 aromatic carbocycles. The van der Waals surface area contributed by atoms with Crippen LogP contribution >= 0.6 is 23.4 Å². The van der Waals surface area contributed by atoms with E-state index in [9.17, 15) is 22.8 Å². The Hall–Kier alpha value is -3.30. The fraction of sp³-hybridized carbons (Fsp3) is 0.0455. The number of nitrogens with one attached hydrogen (secondary N) is 1. The summed E-state index contributed by atoms with van der Waals surface area (Å²) in [7, 11) is 0. The molecule has 10 heteroatoms. The molecule has 0 atom stereocenters. The quantitative estimate of drug-likeness (QED) is 0.469. The molecule has 0 saturated carbocycles. The Morgan fingerprint density at radius 3 is 2.56 bits per heavy atom. The van der Waals surface area contributed by atoms with Crippen LogP contribution in [0.5, 0.6) is 0 Å². The van der Waals surface area contributed by atoms with E-state index in [-0.39, 0.29) is 27.2 Å². The molecule has 1 fully saturated rings. The van der Waals surface area contributed by atoms with Crippen molar-refractivity contribution in [3.63, 3.8) is 0 Å². The lowest BCUT2D eigenvalue weighted by Gasteiger charge is -2.09. The first kappa shape index (κ1) is 21.9. The van der Waals surface area contributed by atoms with Gasteiger partial charge in [0.2, 0.25) is 0 Å². The van der Waals surface area contributed by atoms with Crippen LogP contribution in [0.3, 0.4) is 0 Å². The second-order valence-corrected chi connectivity index (χ2v) is 7.99. The third-order valence-corrected chi connectivity index (χ3v) is 5.57. The number of amides is 2. The highest BCUT2D eigenvalue weighted by Crippen LogP contribution is 2.38. The highest BCUT2D eigenvalue weighted by molar-refractivity contribution is 8.18. The fourth-order valence-corrected chi connectivity index (χ4v) is 3.85. The Morgan fingerprint density at radius 1 is 1.09 bits per heavy atom. The Labute approximate surface area is 189 Å². The lowest BCUT2D eigenvalue weighted by atomic mass is 10.1. The van der Waals surface area contributed by atoms with Gasteiger partial charge in [0.25, 0.3) is 11.8 Å². The summed E-state index contributed by atoms with van der Waals surface area (Å²) in [6.45, 7) is 0. The number of rotatable bonds is 3. The summed E-state index contributed by atoms with van der Waals surface area (Å²) >= 11 is 6.60. The highest BCUT2D eigenvalue weighted by atomic mass is 35.5. The molecule has 1 saturated heterocycles. The van der Waals surface area contributed by atoms with Gasteiger partial charge >= 0.3 is 6.18 Å². The van der Waals surface area contributed by atoms with E-state index in [0.717, 1.165) is 23.9 Å². The van der Waals surface area contributed by atoms with Gasteiger partial charge in [-0.3, -0.25) is 9.59 Å². The number of carbonyl (C=O) groups is 2. The molecule has 32 heavy (non-hydrogen) atoms. The van der Waals surface area contributed by atoms with Gasteiger partial charge in [0, 0.05) is 17.2 Å². The molecular formula is C22H12ClF3N2O3S. The first-order valence-corrected chi connectivity index (χ1v) is 10.3. The van der Waals surface area contributed by atoms with Gasteiger partial charge < -0.3 is 9.73 Å². The SMILES string of the molecule is O=C1NC(=NC(=O)c2ccccc2)S/C1=C\c1ccc(-c2ccc(Cl)c(C(F)(F)F)c2)o1. The van der Waals surface area contributed by atoms with E-state index >= 15 is 0 Å². The van der Waals surface area contributed by atoms with Crippen LogP contribution in [0.1, 0.15) is 21.7 Å². The first-order chi connectivity index (χ1) is 15.2. The topological polar surface area (TPSA) is 71.7 Å². The molecule has 2 heterocycles. The minimum Gasteiger partial charge on any atom is -0.457 e. The second-order valence-electron chi connectivity index (χ2n) is 6.55. The second kappa shape index (κ2) is 8.68. The number of amidine groups is 1. The lowest BCUT2D eigenvalue weighted by molar-refractivity contribution is -0.137. The molecule has 0 spiro atoms. The molecular weight excluding hydrogens is 465 g/mol. The van der Waals surface area contributed by atoms with Gasteiger partial charge in [-0.15, -0.1) is 0 Å². The van der Waals surface area contributed by atoms with E-state index in [1.165, 1.54) is 24.3 Å². The number of aliphatic imine (C=N–C) groups is 1. The average Bonchev–Trinajstić information content (AvgIpc) is 3.35. The number of furan rings is 1. The van der Waals surface area contributed by atoms with Gasteiger partial charge in [0.05, 0.1) is 15.5 Å². The van der Waals surface area contributed by atoms with Gasteiger partial charge in [-0.05, 0) is 54.2 Å². The van der Waals surface area contributed by atoms with E-state index in [4.69, 9.17) is 16.0 Å². The smallest absolute Gasteiger partial charge is 0.417 e. The minimum atomic E-state index is -4.60. The molecule has 0 aliphatic carbocycles. The molecule has 162 valence electrons. The lowest BCUT2D eigenvalue weighted by Crippen LogP contribution is -2.20. The van der Waals surface area contributed by atoms with Crippen LogP contribution in [0, 0.1) is 0 Å². The van der Waals surface area contributed by atoms with Crippen molar-refractivity contribution in [2.24, 2.45) is 4.99 Å². The normalized spacial score (nSPS) is 16.6. The first-order valence-electron chi connectivity index (χ1n) is 9.06. The maximum Gasteiger partial charge on any atom is 0.417 e. The average molecular weight is 477 g/mol. The molecule has 1 aromatic heterocycles. The predicted octanol–water partition coefficient (Wildman–Crippen LogP) is 6.02. The molecule has 0 radical (unpaired) electrons. The summed E-state index contributed by atoms with van der Waals surface area (Å²) in [5, 5.41) is 2.21. The van der Waals surface area contributed by atoms with Crippen LogP contribution in [0.2, 0.25) is 5.02 Å². The van der Waals surface area contributed by atoms with E-state index in [2.05, 4.69) is 10.3 Å². The minimum absolute atomic E-state index is 0.120. The Bertz CT molecular complexity index is 1270. The molecule has 5 nitrogen and oxygen atoms in total.